The van der Waals surface area contributed by atoms with Gasteiger partial charge in [0.05, 0.1) is 34.6 Å². The lowest BCUT2D eigenvalue weighted by Crippen LogP contribution is -2.38. The maximum absolute atomic E-state index is 13.4. The molecule has 2 saturated heterocycles. The number of carbonyl (C=O) groups excluding carboxylic acids is 1. The first kappa shape index (κ1) is 23.4. The molecule has 0 spiro atoms. The maximum atomic E-state index is 13.4. The fourth-order valence-electron chi connectivity index (χ4n) is 3.70. The molecule has 4 rings (SSSR count). The summed E-state index contributed by atoms with van der Waals surface area (Å²) in [5.74, 6) is -0.929. The number of aliphatic imine (C=N–C) groups is 1. The molecule has 2 atom stereocenters. The smallest absolute Gasteiger partial charge is 0.316 e. The highest BCUT2D eigenvalue weighted by Crippen LogP contribution is 2.43. The van der Waals surface area contributed by atoms with Crippen molar-refractivity contribution in [3.63, 3.8) is 0 Å². The van der Waals surface area contributed by atoms with Crippen LogP contribution in [0.25, 0.3) is 0 Å². The Morgan fingerprint density at radius 1 is 1.12 bits per heavy atom. The van der Waals surface area contributed by atoms with Gasteiger partial charge in [-0.15, -0.1) is 0 Å². The van der Waals surface area contributed by atoms with E-state index in [9.17, 15) is 26.4 Å². The Morgan fingerprint density at radius 2 is 1.84 bits per heavy atom. The number of hydrogen-bond donors (Lipinski definition) is 0. The number of halogens is 5. The summed E-state index contributed by atoms with van der Waals surface area (Å²) in [6.07, 6.45) is -4.79. The molecule has 2 aromatic carbocycles. The van der Waals surface area contributed by atoms with E-state index < -0.39 is 43.8 Å². The van der Waals surface area contributed by atoms with Crippen LogP contribution in [-0.4, -0.2) is 42.3 Å². The van der Waals surface area contributed by atoms with Crippen molar-refractivity contribution in [2.75, 3.05) is 16.4 Å². The molecule has 2 fully saturated rings. The minimum absolute atomic E-state index is 0.0723. The Hall–Kier alpha value is -1.75. The van der Waals surface area contributed by atoms with Gasteiger partial charge in [-0.3, -0.25) is 4.79 Å². The van der Waals surface area contributed by atoms with E-state index >= 15 is 0 Å². The van der Waals surface area contributed by atoms with E-state index in [1.165, 1.54) is 11.0 Å². The van der Waals surface area contributed by atoms with Gasteiger partial charge in [-0.2, -0.15) is 18.2 Å². The lowest BCUT2D eigenvalue weighted by Gasteiger charge is -2.25. The number of alkyl halides is 3. The average molecular weight is 523 g/mol. The Kier molecular flexibility index (Phi) is 6.26. The van der Waals surface area contributed by atoms with E-state index in [1.807, 2.05) is 0 Å². The van der Waals surface area contributed by atoms with E-state index in [2.05, 4.69) is 4.99 Å². The van der Waals surface area contributed by atoms with Crippen LogP contribution in [0.15, 0.2) is 47.5 Å². The summed E-state index contributed by atoms with van der Waals surface area (Å²) in [7, 11) is -3.37. The first-order chi connectivity index (χ1) is 14.9. The molecular formula is C20H15Cl2F3N2O3S2. The van der Waals surface area contributed by atoms with Gasteiger partial charge in [-0.05, 0) is 29.8 Å². The molecule has 12 heteroatoms. The number of nitrogens with zero attached hydrogens (tertiary/aromatic N) is 2. The Labute approximate surface area is 196 Å². The van der Waals surface area contributed by atoms with Gasteiger partial charge in [0.1, 0.15) is 0 Å². The van der Waals surface area contributed by atoms with Gasteiger partial charge in [-0.1, -0.05) is 53.2 Å². The molecule has 5 nitrogen and oxygen atoms in total. The van der Waals surface area contributed by atoms with E-state index in [-0.39, 0.29) is 28.8 Å². The van der Waals surface area contributed by atoms with Crippen LogP contribution in [0, 0.1) is 0 Å². The van der Waals surface area contributed by atoms with E-state index in [4.69, 9.17) is 23.2 Å². The minimum atomic E-state index is -4.70. The van der Waals surface area contributed by atoms with Crippen molar-refractivity contribution in [1.82, 2.24) is 0 Å². The number of thioether (sulfide) groups is 1. The molecule has 32 heavy (non-hydrogen) atoms. The lowest BCUT2D eigenvalue weighted by atomic mass is 10.1. The van der Waals surface area contributed by atoms with Gasteiger partial charge < -0.3 is 4.90 Å². The van der Waals surface area contributed by atoms with E-state index in [0.29, 0.717) is 10.6 Å². The van der Waals surface area contributed by atoms with E-state index in [1.54, 1.807) is 24.3 Å². The number of rotatable bonds is 3. The SMILES string of the molecule is O=C(Cc1ccccc1Cl)N=C1S[C@H]2CS(=O)(=O)C[C@H]2N1c1ccc(Cl)c(C(F)(F)F)c1. The predicted molar refractivity (Wildman–Crippen MR) is 120 cm³/mol. The molecule has 0 aliphatic carbocycles. The van der Waals surface area contributed by atoms with Crippen LogP contribution >= 0.6 is 35.0 Å². The third-order valence-corrected chi connectivity index (χ3v) is 9.03. The molecule has 2 aliphatic rings. The van der Waals surface area contributed by atoms with Gasteiger partial charge in [0.15, 0.2) is 15.0 Å². The highest BCUT2D eigenvalue weighted by atomic mass is 35.5. The highest BCUT2D eigenvalue weighted by molar-refractivity contribution is 8.16. The van der Waals surface area contributed by atoms with Gasteiger partial charge in [-0.25, -0.2) is 8.42 Å². The zero-order chi connectivity index (χ0) is 23.3. The van der Waals surface area contributed by atoms with E-state index in [0.717, 1.165) is 23.9 Å². The number of anilines is 1. The summed E-state index contributed by atoms with van der Waals surface area (Å²) in [6.45, 7) is 0. The van der Waals surface area contributed by atoms with Crippen LogP contribution in [0.4, 0.5) is 18.9 Å². The van der Waals surface area contributed by atoms with Crippen LogP contribution in [0.2, 0.25) is 10.0 Å². The second-order valence-electron chi connectivity index (χ2n) is 7.39. The molecule has 2 aliphatic heterocycles. The van der Waals surface area contributed by atoms with Crippen molar-refractivity contribution in [2.45, 2.75) is 23.9 Å². The minimum Gasteiger partial charge on any atom is -0.316 e. The third-order valence-electron chi connectivity index (χ3n) is 5.12. The summed E-state index contributed by atoms with van der Waals surface area (Å²) in [4.78, 5) is 18.1. The number of amides is 1. The average Bonchev–Trinajstić information content (AvgIpc) is 3.14. The van der Waals surface area contributed by atoms with Crippen LogP contribution in [0.5, 0.6) is 0 Å². The zero-order valence-electron chi connectivity index (χ0n) is 16.1. The van der Waals surface area contributed by atoms with Gasteiger partial charge in [0, 0.05) is 16.0 Å². The molecule has 0 bridgehead atoms. The molecule has 2 heterocycles. The second-order valence-corrected chi connectivity index (χ2v) is 11.6. The monoisotopic (exact) mass is 522 g/mol. The summed E-state index contributed by atoms with van der Waals surface area (Å²) in [6, 6.07) is 9.43. The van der Waals surface area contributed by atoms with Crippen LogP contribution in [0.1, 0.15) is 11.1 Å². The number of benzene rings is 2. The zero-order valence-corrected chi connectivity index (χ0v) is 19.3. The van der Waals surface area contributed by atoms with Gasteiger partial charge >= 0.3 is 6.18 Å². The highest BCUT2D eigenvalue weighted by Gasteiger charge is 2.49. The lowest BCUT2D eigenvalue weighted by molar-refractivity contribution is -0.137. The molecule has 0 saturated carbocycles. The number of amidine groups is 1. The van der Waals surface area contributed by atoms with Gasteiger partial charge in [0.2, 0.25) is 0 Å². The molecule has 170 valence electrons. The number of fused-ring (bicyclic) bond motifs is 1. The van der Waals surface area contributed by atoms with Crippen molar-refractivity contribution in [3.05, 3.63) is 63.6 Å². The van der Waals surface area contributed by atoms with Crippen LogP contribution in [-0.2, 0) is 27.2 Å². The molecular weight excluding hydrogens is 508 g/mol. The van der Waals surface area contributed by atoms with Crippen molar-refractivity contribution in [1.29, 1.82) is 0 Å². The standard InChI is InChI=1S/C20H15Cl2F3N2O3S2/c21-14-4-2-1-3-11(14)7-18(28)26-19-27(16-9-32(29,30)10-17(16)31-19)12-5-6-15(22)13(8-12)20(23,24)25/h1-6,8,16-17H,7,9-10H2/t16-,17+/m1/s1. The summed E-state index contributed by atoms with van der Waals surface area (Å²) < 4.78 is 64.5. The molecule has 0 aromatic heterocycles. The van der Waals surface area contributed by atoms with Crippen molar-refractivity contribution >= 4 is 61.6 Å². The van der Waals surface area contributed by atoms with Gasteiger partial charge in [0.25, 0.3) is 5.91 Å². The number of hydrogen-bond acceptors (Lipinski definition) is 4. The fraction of sp³-hybridized carbons (Fsp3) is 0.300. The molecule has 0 radical (unpaired) electrons. The van der Waals surface area contributed by atoms with Crippen LogP contribution in [0.3, 0.4) is 0 Å². The van der Waals surface area contributed by atoms with Crippen LogP contribution < -0.4 is 4.90 Å². The first-order valence-corrected chi connectivity index (χ1v) is 12.8. The maximum Gasteiger partial charge on any atom is 0.417 e. The normalized spacial score (nSPS) is 23.5. The largest absolute Gasteiger partial charge is 0.417 e. The topological polar surface area (TPSA) is 66.8 Å². The first-order valence-electron chi connectivity index (χ1n) is 9.32. The quantitative estimate of drug-likeness (QED) is 0.576. The number of sulfone groups is 1. The molecule has 1 amide bonds. The fourth-order valence-corrected chi connectivity index (χ4v) is 8.06. The Morgan fingerprint density at radius 3 is 2.53 bits per heavy atom. The summed E-state index contributed by atoms with van der Waals surface area (Å²) in [5, 5.41) is -0.372. The summed E-state index contributed by atoms with van der Waals surface area (Å²) >= 11 is 12.9. The van der Waals surface area contributed by atoms with Crippen molar-refractivity contribution < 1.29 is 26.4 Å². The molecule has 2 aromatic rings. The summed E-state index contributed by atoms with van der Waals surface area (Å²) in [5.41, 5.74) is -0.414. The Balaban J connectivity index is 1.72. The second kappa shape index (κ2) is 8.55. The van der Waals surface area contributed by atoms with Crippen molar-refractivity contribution in [3.8, 4) is 0 Å². The molecule has 0 unspecified atom stereocenters. The molecule has 0 N–H and O–H groups in total. The predicted octanol–water partition coefficient (Wildman–Crippen LogP) is 4.86. The Bertz CT molecular complexity index is 1220. The number of carbonyl (C=O) groups is 1. The third kappa shape index (κ3) is 4.78. The van der Waals surface area contributed by atoms with Crippen molar-refractivity contribution in [2.24, 2.45) is 4.99 Å².